The Morgan fingerprint density at radius 1 is 1.19 bits per heavy atom. The number of carbonyl (C=O) groups is 2. The summed E-state index contributed by atoms with van der Waals surface area (Å²) in [6.07, 6.45) is 12.0. The topological polar surface area (TPSA) is 76.5 Å². The highest BCUT2D eigenvalue weighted by atomic mass is 16.5. The molecule has 0 bridgehead atoms. The Kier molecular flexibility index (Phi) is 6.89. The summed E-state index contributed by atoms with van der Waals surface area (Å²) in [5.41, 5.74) is 1.10. The molecule has 1 unspecified atom stereocenters. The number of nitrogens with one attached hydrogen (secondary N) is 1. The van der Waals surface area contributed by atoms with Gasteiger partial charge in [0.1, 0.15) is 5.75 Å². The Balaban J connectivity index is 1.40. The summed E-state index contributed by atoms with van der Waals surface area (Å²) < 4.78 is 7.73. The van der Waals surface area contributed by atoms with Gasteiger partial charge in [-0.25, -0.2) is 4.98 Å². The number of nitrogens with zero attached hydrogens (tertiary/aromatic N) is 3. The summed E-state index contributed by atoms with van der Waals surface area (Å²) in [5, 5.41) is 3.09. The van der Waals surface area contributed by atoms with E-state index in [1.54, 1.807) is 12.5 Å². The summed E-state index contributed by atoms with van der Waals surface area (Å²) in [4.78, 5) is 31.4. The van der Waals surface area contributed by atoms with Crippen LogP contribution in [-0.2, 0) is 22.6 Å². The quantitative estimate of drug-likeness (QED) is 0.822. The van der Waals surface area contributed by atoms with Crippen molar-refractivity contribution < 1.29 is 14.3 Å². The monoisotopic (exact) mass is 424 g/mol. The number of aromatic nitrogens is 2. The molecule has 2 aliphatic heterocycles. The number of fused-ring (bicyclic) bond motifs is 1. The summed E-state index contributed by atoms with van der Waals surface area (Å²) in [7, 11) is 0. The number of ether oxygens (including phenoxy) is 1. The van der Waals surface area contributed by atoms with Gasteiger partial charge in [0.05, 0.1) is 6.33 Å². The van der Waals surface area contributed by atoms with E-state index < -0.39 is 0 Å². The molecule has 3 heterocycles. The number of amides is 2. The highest BCUT2D eigenvalue weighted by Gasteiger charge is 2.37. The molecule has 4 rings (SSSR count). The van der Waals surface area contributed by atoms with Gasteiger partial charge in [0, 0.05) is 50.4 Å². The zero-order valence-corrected chi connectivity index (χ0v) is 18.1. The van der Waals surface area contributed by atoms with E-state index in [1.165, 1.54) is 0 Å². The molecule has 31 heavy (non-hydrogen) atoms. The van der Waals surface area contributed by atoms with Gasteiger partial charge in [-0.1, -0.05) is 24.6 Å². The highest BCUT2D eigenvalue weighted by Crippen LogP contribution is 2.35. The van der Waals surface area contributed by atoms with Gasteiger partial charge in [-0.3, -0.25) is 9.59 Å². The van der Waals surface area contributed by atoms with Crippen molar-refractivity contribution in [1.29, 1.82) is 0 Å². The van der Waals surface area contributed by atoms with Crippen molar-refractivity contribution >= 4 is 11.8 Å². The first-order valence-corrected chi connectivity index (χ1v) is 11.3. The predicted molar refractivity (Wildman–Crippen MR) is 118 cm³/mol. The Hall–Kier alpha value is -2.83. The first-order chi connectivity index (χ1) is 15.1. The van der Waals surface area contributed by atoms with Crippen LogP contribution in [0.4, 0.5) is 0 Å². The Morgan fingerprint density at radius 2 is 2.06 bits per heavy atom. The number of para-hydroxylation sites is 1. The van der Waals surface area contributed by atoms with Gasteiger partial charge >= 0.3 is 0 Å². The maximum atomic E-state index is 12.9. The highest BCUT2D eigenvalue weighted by molar-refractivity contribution is 5.78. The smallest absolute Gasteiger partial charge is 0.257 e. The molecule has 0 aliphatic carbocycles. The first kappa shape index (κ1) is 21.4. The minimum atomic E-state index is -0.0988. The molecule has 1 aromatic carbocycles. The molecule has 166 valence electrons. The van der Waals surface area contributed by atoms with Crippen LogP contribution in [-0.4, -0.2) is 52.5 Å². The van der Waals surface area contributed by atoms with E-state index in [0.29, 0.717) is 26.1 Å². The number of carbonyl (C=O) groups excluding carboxylic acids is 2. The molecule has 1 spiro atoms. The van der Waals surface area contributed by atoms with Crippen LogP contribution in [0.2, 0.25) is 0 Å². The number of likely N-dealkylation sites (tertiary alicyclic amines) is 1. The van der Waals surface area contributed by atoms with E-state index in [4.69, 9.17) is 4.74 Å². The van der Waals surface area contributed by atoms with Gasteiger partial charge in [0.15, 0.2) is 6.61 Å². The number of rotatable bonds is 3. The van der Waals surface area contributed by atoms with Crippen molar-refractivity contribution in [2.75, 3.05) is 26.2 Å². The summed E-state index contributed by atoms with van der Waals surface area (Å²) in [5.74, 6) is 0.890. The molecular formula is C24H32N4O3. The van der Waals surface area contributed by atoms with E-state index >= 15 is 0 Å². The molecule has 1 atom stereocenters. The Morgan fingerprint density at radius 3 is 2.94 bits per heavy atom. The summed E-state index contributed by atoms with van der Waals surface area (Å²) >= 11 is 0. The van der Waals surface area contributed by atoms with Crippen LogP contribution in [0.3, 0.4) is 0 Å². The van der Waals surface area contributed by atoms with Gasteiger partial charge in [-0.2, -0.15) is 0 Å². The van der Waals surface area contributed by atoms with E-state index in [2.05, 4.69) is 16.4 Å². The second kappa shape index (κ2) is 9.98. The minimum absolute atomic E-state index is 0.0284. The van der Waals surface area contributed by atoms with Gasteiger partial charge in [-0.05, 0) is 43.7 Å². The van der Waals surface area contributed by atoms with Crippen LogP contribution in [0.25, 0.3) is 0 Å². The van der Waals surface area contributed by atoms with Crippen LogP contribution < -0.4 is 10.1 Å². The molecule has 1 fully saturated rings. The largest absolute Gasteiger partial charge is 0.483 e. The van der Waals surface area contributed by atoms with Gasteiger partial charge in [0.2, 0.25) is 5.91 Å². The molecule has 0 radical (unpaired) electrons. The van der Waals surface area contributed by atoms with Crippen molar-refractivity contribution in [1.82, 2.24) is 19.8 Å². The van der Waals surface area contributed by atoms with E-state index in [-0.39, 0.29) is 23.8 Å². The zero-order valence-electron chi connectivity index (χ0n) is 18.1. The standard InChI is InChI=1S/C24H32N4O3/c29-22-16-31-21-8-2-1-6-20(21)7-3-4-10-24(17-26-22)11-5-13-28(18-24)23(30)9-14-27-15-12-25-19-27/h1-2,6,8,12,15,19H,3-5,7,9-11,13-14,16-18H2,(H,26,29). The molecule has 1 saturated heterocycles. The molecular weight excluding hydrogens is 392 g/mol. The van der Waals surface area contributed by atoms with Crippen LogP contribution in [0, 0.1) is 5.41 Å². The molecule has 2 aromatic rings. The maximum Gasteiger partial charge on any atom is 0.257 e. The number of aryl methyl sites for hydroxylation is 2. The fraction of sp³-hybridized carbons (Fsp3) is 0.542. The second-order valence-corrected chi connectivity index (χ2v) is 8.85. The van der Waals surface area contributed by atoms with E-state index in [1.807, 2.05) is 33.9 Å². The van der Waals surface area contributed by atoms with Crippen LogP contribution in [0.15, 0.2) is 43.0 Å². The minimum Gasteiger partial charge on any atom is -0.483 e. The lowest BCUT2D eigenvalue weighted by Crippen LogP contribution is -2.51. The average Bonchev–Trinajstić information content (AvgIpc) is 3.31. The molecule has 1 N–H and O–H groups in total. The van der Waals surface area contributed by atoms with Gasteiger partial charge in [-0.15, -0.1) is 0 Å². The Labute approximate surface area is 183 Å². The fourth-order valence-electron chi connectivity index (χ4n) is 4.81. The number of imidazole rings is 1. The van der Waals surface area contributed by atoms with Crippen molar-refractivity contribution in [2.45, 2.75) is 51.5 Å². The number of hydrogen-bond acceptors (Lipinski definition) is 4. The molecule has 2 aliphatic rings. The molecule has 2 amide bonds. The van der Waals surface area contributed by atoms with Gasteiger partial charge in [0.25, 0.3) is 5.91 Å². The van der Waals surface area contributed by atoms with Crippen LogP contribution >= 0.6 is 0 Å². The lowest BCUT2D eigenvalue weighted by molar-refractivity contribution is -0.135. The normalized spacial score (nSPS) is 22.6. The lowest BCUT2D eigenvalue weighted by atomic mass is 9.75. The fourth-order valence-corrected chi connectivity index (χ4v) is 4.81. The van der Waals surface area contributed by atoms with Crippen molar-refractivity contribution in [3.63, 3.8) is 0 Å². The number of piperidine rings is 1. The van der Waals surface area contributed by atoms with Crippen molar-refractivity contribution in [3.8, 4) is 5.75 Å². The summed E-state index contributed by atoms with van der Waals surface area (Å²) in [6, 6.07) is 7.97. The number of hydrogen-bond donors (Lipinski definition) is 1. The molecule has 1 aromatic heterocycles. The third kappa shape index (κ3) is 5.66. The first-order valence-electron chi connectivity index (χ1n) is 11.3. The van der Waals surface area contributed by atoms with E-state index in [0.717, 1.165) is 56.4 Å². The zero-order chi connectivity index (χ0) is 21.5. The SMILES string of the molecule is O=C1COc2ccccc2CCCCC2(CCCN(C(=O)CCn3ccnc3)C2)CN1. The third-order valence-electron chi connectivity index (χ3n) is 6.55. The number of benzene rings is 1. The Bertz CT molecular complexity index is 883. The summed E-state index contributed by atoms with van der Waals surface area (Å²) in [6.45, 7) is 2.79. The van der Waals surface area contributed by atoms with Crippen LogP contribution in [0.5, 0.6) is 5.75 Å². The molecule has 7 heteroatoms. The third-order valence-corrected chi connectivity index (χ3v) is 6.55. The van der Waals surface area contributed by atoms with Crippen LogP contribution in [0.1, 0.15) is 44.1 Å². The van der Waals surface area contributed by atoms with Crippen molar-refractivity contribution in [2.24, 2.45) is 5.41 Å². The van der Waals surface area contributed by atoms with E-state index in [9.17, 15) is 9.59 Å². The molecule has 0 saturated carbocycles. The van der Waals surface area contributed by atoms with Crippen molar-refractivity contribution in [3.05, 3.63) is 48.5 Å². The molecule has 7 nitrogen and oxygen atoms in total. The average molecular weight is 425 g/mol. The lowest BCUT2D eigenvalue weighted by Gasteiger charge is -2.43. The maximum absolute atomic E-state index is 12.9. The van der Waals surface area contributed by atoms with Gasteiger partial charge < -0.3 is 19.5 Å². The predicted octanol–water partition coefficient (Wildman–Crippen LogP) is 2.80. The second-order valence-electron chi connectivity index (χ2n) is 8.85.